The second-order valence-corrected chi connectivity index (χ2v) is 7.79. The topological polar surface area (TPSA) is 43.1 Å². The van der Waals surface area contributed by atoms with Crippen LogP contribution < -0.4 is 14.4 Å². The average Bonchev–Trinajstić information content (AvgIpc) is 2.74. The molecule has 1 heterocycles. The van der Waals surface area contributed by atoms with Gasteiger partial charge in [-0.25, -0.2) is 0 Å². The summed E-state index contributed by atoms with van der Waals surface area (Å²) < 4.78 is 11.1. The standard InChI is InChI=1S/C24H24ClNO3/c1-28-22-13-16-10-11-26(15-18-6-3-4-9-21(18)27)24(20(16)14-23(22)29-2)17-7-5-8-19(25)12-17/h3-9,12-14,24,27H,10-11,15H2,1-2H3/p+1/t24-/m0/s1. The molecule has 29 heavy (non-hydrogen) atoms. The maximum absolute atomic E-state index is 10.3. The Labute approximate surface area is 176 Å². The minimum atomic E-state index is 0.0804. The molecule has 0 aliphatic carbocycles. The number of para-hydroxylation sites is 1. The number of quaternary nitrogens is 1. The van der Waals surface area contributed by atoms with Crippen LogP contribution in [-0.4, -0.2) is 25.9 Å². The van der Waals surface area contributed by atoms with Crippen molar-refractivity contribution in [2.45, 2.75) is 19.0 Å². The predicted molar refractivity (Wildman–Crippen MR) is 114 cm³/mol. The summed E-state index contributed by atoms with van der Waals surface area (Å²) in [5, 5.41) is 11.0. The summed E-state index contributed by atoms with van der Waals surface area (Å²) in [6.07, 6.45) is 0.926. The van der Waals surface area contributed by atoms with Gasteiger partial charge in [0.1, 0.15) is 18.3 Å². The number of halogens is 1. The fourth-order valence-electron chi connectivity index (χ4n) is 4.28. The van der Waals surface area contributed by atoms with E-state index in [1.54, 1.807) is 20.3 Å². The van der Waals surface area contributed by atoms with Gasteiger partial charge in [-0.3, -0.25) is 0 Å². The lowest BCUT2D eigenvalue weighted by Gasteiger charge is -2.35. The molecule has 0 spiro atoms. The molecule has 3 aromatic rings. The number of fused-ring (bicyclic) bond motifs is 1. The highest BCUT2D eigenvalue weighted by molar-refractivity contribution is 6.30. The molecule has 0 saturated carbocycles. The minimum Gasteiger partial charge on any atom is -0.507 e. The molecule has 0 aromatic heterocycles. The van der Waals surface area contributed by atoms with E-state index in [0.717, 1.165) is 47.2 Å². The van der Waals surface area contributed by atoms with Gasteiger partial charge in [-0.05, 0) is 42.0 Å². The van der Waals surface area contributed by atoms with Gasteiger partial charge < -0.3 is 19.5 Å². The van der Waals surface area contributed by atoms with E-state index in [4.69, 9.17) is 21.1 Å². The van der Waals surface area contributed by atoms with Gasteiger partial charge in [0.15, 0.2) is 11.5 Å². The molecule has 4 nitrogen and oxygen atoms in total. The zero-order chi connectivity index (χ0) is 20.4. The van der Waals surface area contributed by atoms with Gasteiger partial charge in [-0.2, -0.15) is 0 Å². The van der Waals surface area contributed by atoms with Crippen LogP contribution in [0.1, 0.15) is 28.3 Å². The first-order valence-corrected chi connectivity index (χ1v) is 10.1. The van der Waals surface area contributed by atoms with Gasteiger partial charge in [-0.15, -0.1) is 0 Å². The van der Waals surface area contributed by atoms with Crippen LogP contribution in [0.15, 0.2) is 60.7 Å². The van der Waals surface area contributed by atoms with E-state index in [-0.39, 0.29) is 6.04 Å². The summed E-state index contributed by atoms with van der Waals surface area (Å²) in [5.41, 5.74) is 4.56. The van der Waals surface area contributed by atoms with Crippen molar-refractivity contribution in [1.82, 2.24) is 0 Å². The van der Waals surface area contributed by atoms with Gasteiger partial charge in [0.2, 0.25) is 0 Å². The van der Waals surface area contributed by atoms with Crippen LogP contribution in [-0.2, 0) is 13.0 Å². The highest BCUT2D eigenvalue weighted by Gasteiger charge is 2.34. The molecule has 4 rings (SSSR count). The molecule has 3 aromatic carbocycles. The zero-order valence-corrected chi connectivity index (χ0v) is 17.4. The van der Waals surface area contributed by atoms with Crippen molar-refractivity contribution in [1.29, 1.82) is 0 Å². The van der Waals surface area contributed by atoms with Crippen molar-refractivity contribution in [3.05, 3.63) is 87.9 Å². The summed E-state index contributed by atoms with van der Waals surface area (Å²) in [7, 11) is 3.32. The maximum Gasteiger partial charge on any atom is 0.161 e. The van der Waals surface area contributed by atoms with E-state index in [2.05, 4.69) is 18.2 Å². The van der Waals surface area contributed by atoms with E-state index in [1.807, 2.05) is 36.4 Å². The number of methoxy groups -OCH3 is 2. The van der Waals surface area contributed by atoms with Crippen molar-refractivity contribution in [2.75, 3.05) is 20.8 Å². The molecule has 5 heteroatoms. The number of nitrogens with one attached hydrogen (secondary N) is 1. The van der Waals surface area contributed by atoms with Crippen molar-refractivity contribution in [3.63, 3.8) is 0 Å². The Balaban J connectivity index is 1.82. The summed E-state index contributed by atoms with van der Waals surface area (Å²) in [4.78, 5) is 1.36. The van der Waals surface area contributed by atoms with Gasteiger partial charge >= 0.3 is 0 Å². The predicted octanol–water partition coefficient (Wildman–Crippen LogP) is 3.79. The average molecular weight is 411 g/mol. The normalized spacial score (nSPS) is 18.2. The quantitative estimate of drug-likeness (QED) is 0.672. The van der Waals surface area contributed by atoms with Crippen LogP contribution >= 0.6 is 11.6 Å². The largest absolute Gasteiger partial charge is 0.507 e. The Hall–Kier alpha value is -2.69. The molecular formula is C24H25ClNO3+. The number of benzene rings is 3. The van der Waals surface area contributed by atoms with Crippen molar-refractivity contribution >= 4 is 11.6 Å². The fraction of sp³-hybridized carbons (Fsp3) is 0.250. The molecule has 1 aliphatic rings. The summed E-state index contributed by atoms with van der Waals surface area (Å²) in [6, 6.07) is 19.8. The number of ether oxygens (including phenoxy) is 2. The monoisotopic (exact) mass is 410 g/mol. The Morgan fingerprint density at radius 2 is 1.76 bits per heavy atom. The molecule has 150 valence electrons. The van der Waals surface area contributed by atoms with E-state index < -0.39 is 0 Å². The molecule has 2 N–H and O–H groups in total. The van der Waals surface area contributed by atoms with Crippen molar-refractivity contribution < 1.29 is 19.5 Å². The summed E-state index contributed by atoms with van der Waals surface area (Å²) >= 11 is 6.34. The smallest absolute Gasteiger partial charge is 0.161 e. The number of hydrogen-bond acceptors (Lipinski definition) is 3. The lowest BCUT2D eigenvalue weighted by molar-refractivity contribution is -0.941. The lowest BCUT2D eigenvalue weighted by atomic mass is 9.87. The Kier molecular flexibility index (Phi) is 5.65. The first-order chi connectivity index (χ1) is 14.1. The maximum atomic E-state index is 10.3. The van der Waals surface area contributed by atoms with Crippen LogP contribution in [0.2, 0.25) is 5.02 Å². The number of rotatable bonds is 5. The number of phenolic OH excluding ortho intramolecular Hbond substituents is 1. The Morgan fingerprint density at radius 3 is 2.48 bits per heavy atom. The van der Waals surface area contributed by atoms with Gasteiger partial charge in [0.05, 0.1) is 20.8 Å². The van der Waals surface area contributed by atoms with Crippen LogP contribution in [0.5, 0.6) is 17.2 Å². The Morgan fingerprint density at radius 1 is 1.00 bits per heavy atom. The third kappa shape index (κ3) is 3.91. The molecule has 1 aliphatic heterocycles. The van der Waals surface area contributed by atoms with Crippen LogP contribution in [0.3, 0.4) is 0 Å². The molecule has 2 atom stereocenters. The lowest BCUT2D eigenvalue weighted by Crippen LogP contribution is -3.12. The van der Waals surface area contributed by atoms with Gasteiger partial charge in [0.25, 0.3) is 0 Å². The first-order valence-electron chi connectivity index (χ1n) is 9.72. The van der Waals surface area contributed by atoms with E-state index in [9.17, 15) is 5.11 Å². The SMILES string of the molecule is COc1cc2c(cc1OC)[C@H](c1cccc(Cl)c1)[NH+](Cc1ccccc1O)CC2. The van der Waals surface area contributed by atoms with Crippen molar-refractivity contribution in [2.24, 2.45) is 0 Å². The molecule has 0 amide bonds. The van der Waals surface area contributed by atoms with E-state index >= 15 is 0 Å². The second kappa shape index (κ2) is 8.36. The molecule has 0 radical (unpaired) electrons. The van der Waals surface area contributed by atoms with E-state index in [1.165, 1.54) is 16.0 Å². The zero-order valence-electron chi connectivity index (χ0n) is 16.6. The first kappa shape index (κ1) is 19.6. The van der Waals surface area contributed by atoms with Crippen molar-refractivity contribution in [3.8, 4) is 17.2 Å². The number of aromatic hydroxyl groups is 1. The summed E-state index contributed by atoms with van der Waals surface area (Å²) in [5.74, 6) is 1.81. The third-order valence-electron chi connectivity index (χ3n) is 5.67. The van der Waals surface area contributed by atoms with E-state index in [0.29, 0.717) is 5.75 Å². The second-order valence-electron chi connectivity index (χ2n) is 7.36. The van der Waals surface area contributed by atoms with Crippen LogP contribution in [0.25, 0.3) is 0 Å². The van der Waals surface area contributed by atoms with Crippen LogP contribution in [0.4, 0.5) is 0 Å². The third-order valence-corrected chi connectivity index (χ3v) is 5.91. The number of phenols is 1. The molecular weight excluding hydrogens is 386 g/mol. The summed E-state index contributed by atoms with van der Waals surface area (Å²) in [6.45, 7) is 1.66. The molecule has 0 fully saturated rings. The molecule has 1 unspecified atom stereocenters. The number of hydrogen-bond donors (Lipinski definition) is 2. The van der Waals surface area contributed by atoms with Crippen LogP contribution in [0, 0.1) is 0 Å². The Bertz CT molecular complexity index is 1020. The molecule has 0 bridgehead atoms. The van der Waals surface area contributed by atoms with Gasteiger partial charge in [0, 0.05) is 28.1 Å². The highest BCUT2D eigenvalue weighted by atomic mass is 35.5. The fourth-order valence-corrected chi connectivity index (χ4v) is 4.48. The highest BCUT2D eigenvalue weighted by Crippen LogP contribution is 2.36. The van der Waals surface area contributed by atoms with Gasteiger partial charge in [-0.1, -0.05) is 35.9 Å². The minimum absolute atomic E-state index is 0.0804. The molecule has 0 saturated heterocycles.